The van der Waals surface area contributed by atoms with Crippen LogP contribution in [0, 0.1) is 18.2 Å². The molecule has 1 saturated carbocycles. The van der Waals surface area contributed by atoms with E-state index in [0.29, 0.717) is 5.41 Å². The first-order chi connectivity index (χ1) is 7.47. The third kappa shape index (κ3) is 1.14. The lowest BCUT2D eigenvalue weighted by molar-refractivity contribution is 0.343. The monoisotopic (exact) mass is 219 g/mol. The number of benzene rings is 1. The average Bonchev–Trinajstić information content (AvgIpc) is 2.66. The number of hydrogen-bond acceptors (Lipinski definition) is 1. The van der Waals surface area contributed by atoms with Crippen molar-refractivity contribution in [1.29, 1.82) is 0 Å². The van der Waals surface area contributed by atoms with Crippen molar-refractivity contribution in [3.63, 3.8) is 0 Å². The zero-order valence-corrected chi connectivity index (χ0v) is 10.2. The second-order valence-electron chi connectivity index (χ2n) is 5.96. The zero-order valence-electron chi connectivity index (χ0n) is 10.2. The molecule has 1 aliphatic heterocycles. The SMILES string of the molecule is Cc1ccc([C@@]23CN(C)CC2(C)C3)cc1F. The molecular weight excluding hydrogens is 201 g/mol. The Morgan fingerprint density at radius 3 is 2.62 bits per heavy atom. The number of likely N-dealkylation sites (tertiary alicyclic amines) is 1. The van der Waals surface area contributed by atoms with Gasteiger partial charge in [-0.1, -0.05) is 19.1 Å². The summed E-state index contributed by atoms with van der Waals surface area (Å²) in [5.41, 5.74) is 2.55. The molecule has 0 N–H and O–H groups in total. The van der Waals surface area contributed by atoms with E-state index >= 15 is 0 Å². The molecule has 1 nitrogen and oxygen atoms in total. The average molecular weight is 219 g/mol. The van der Waals surface area contributed by atoms with Crippen molar-refractivity contribution in [3.8, 4) is 0 Å². The standard InChI is InChI=1S/C14H18FN/c1-10-4-5-11(6-12(10)15)14-7-13(14,2)8-16(3)9-14/h4-6H,7-9H2,1-3H3/t13?,14-/m1/s1. The molecule has 0 aromatic heterocycles. The van der Waals surface area contributed by atoms with Gasteiger partial charge in [0.05, 0.1) is 0 Å². The fraction of sp³-hybridized carbons (Fsp3) is 0.571. The normalized spacial score (nSPS) is 37.5. The first kappa shape index (κ1) is 10.3. The van der Waals surface area contributed by atoms with Crippen LogP contribution in [0.15, 0.2) is 18.2 Å². The van der Waals surface area contributed by atoms with Gasteiger partial charge in [-0.15, -0.1) is 0 Å². The topological polar surface area (TPSA) is 3.24 Å². The van der Waals surface area contributed by atoms with Crippen LogP contribution in [0.25, 0.3) is 0 Å². The van der Waals surface area contributed by atoms with Gasteiger partial charge in [-0.05, 0) is 43.0 Å². The Hall–Kier alpha value is -0.890. The predicted molar refractivity (Wildman–Crippen MR) is 63.0 cm³/mol. The second-order valence-corrected chi connectivity index (χ2v) is 5.96. The van der Waals surface area contributed by atoms with Crippen molar-refractivity contribution < 1.29 is 4.39 Å². The van der Waals surface area contributed by atoms with Gasteiger partial charge in [0.15, 0.2) is 0 Å². The summed E-state index contributed by atoms with van der Waals surface area (Å²) in [6.45, 7) is 6.37. The highest BCUT2D eigenvalue weighted by Crippen LogP contribution is 2.68. The van der Waals surface area contributed by atoms with E-state index in [1.165, 1.54) is 12.0 Å². The summed E-state index contributed by atoms with van der Waals surface area (Å²) in [6, 6.07) is 5.78. The lowest BCUT2D eigenvalue weighted by Gasteiger charge is -2.17. The third-order valence-corrected chi connectivity index (χ3v) is 4.61. The highest BCUT2D eigenvalue weighted by atomic mass is 19.1. The number of likely N-dealkylation sites (N-methyl/N-ethyl adjacent to an activating group) is 1. The van der Waals surface area contributed by atoms with Gasteiger partial charge in [-0.2, -0.15) is 0 Å². The van der Waals surface area contributed by atoms with E-state index in [9.17, 15) is 4.39 Å². The lowest BCUT2D eigenvalue weighted by atomic mass is 9.89. The highest BCUT2D eigenvalue weighted by Gasteiger charge is 2.69. The summed E-state index contributed by atoms with van der Waals surface area (Å²) in [6.07, 6.45) is 1.22. The Morgan fingerprint density at radius 2 is 2.06 bits per heavy atom. The zero-order chi connectivity index (χ0) is 11.6. The maximum absolute atomic E-state index is 13.6. The van der Waals surface area contributed by atoms with Crippen LogP contribution < -0.4 is 0 Å². The van der Waals surface area contributed by atoms with E-state index in [0.717, 1.165) is 18.7 Å². The van der Waals surface area contributed by atoms with Crippen LogP contribution in [-0.4, -0.2) is 25.0 Å². The highest BCUT2D eigenvalue weighted by molar-refractivity contribution is 5.42. The molecule has 1 aliphatic carbocycles. The Morgan fingerprint density at radius 1 is 1.31 bits per heavy atom. The van der Waals surface area contributed by atoms with Gasteiger partial charge in [0.1, 0.15) is 5.82 Å². The maximum Gasteiger partial charge on any atom is 0.126 e. The molecule has 1 unspecified atom stereocenters. The largest absolute Gasteiger partial charge is 0.305 e. The van der Waals surface area contributed by atoms with Crippen molar-refractivity contribution in [2.75, 3.05) is 20.1 Å². The van der Waals surface area contributed by atoms with Gasteiger partial charge in [0.2, 0.25) is 0 Å². The van der Waals surface area contributed by atoms with E-state index in [-0.39, 0.29) is 11.2 Å². The summed E-state index contributed by atoms with van der Waals surface area (Å²) in [5.74, 6) is -0.0596. The molecule has 2 atom stereocenters. The van der Waals surface area contributed by atoms with E-state index in [4.69, 9.17) is 0 Å². The van der Waals surface area contributed by atoms with E-state index in [1.54, 1.807) is 6.07 Å². The third-order valence-electron chi connectivity index (χ3n) is 4.61. The molecule has 2 fully saturated rings. The van der Waals surface area contributed by atoms with Gasteiger partial charge >= 0.3 is 0 Å². The second kappa shape index (κ2) is 2.86. The molecular formula is C14H18FN. The number of halogens is 1. The van der Waals surface area contributed by atoms with Gasteiger partial charge < -0.3 is 4.90 Å². The first-order valence-corrected chi connectivity index (χ1v) is 5.92. The minimum atomic E-state index is -0.0596. The van der Waals surface area contributed by atoms with E-state index < -0.39 is 0 Å². The molecule has 1 aromatic carbocycles. The molecule has 2 heteroatoms. The fourth-order valence-electron chi connectivity index (χ4n) is 3.62. The minimum Gasteiger partial charge on any atom is -0.305 e. The van der Waals surface area contributed by atoms with Crippen molar-refractivity contribution in [1.82, 2.24) is 4.90 Å². The molecule has 16 heavy (non-hydrogen) atoms. The Labute approximate surface area is 96.3 Å². The van der Waals surface area contributed by atoms with Crippen LogP contribution in [0.5, 0.6) is 0 Å². The molecule has 2 aliphatic rings. The fourth-order valence-corrected chi connectivity index (χ4v) is 3.62. The number of nitrogens with zero attached hydrogens (tertiary/aromatic N) is 1. The van der Waals surface area contributed by atoms with Crippen LogP contribution >= 0.6 is 0 Å². The summed E-state index contributed by atoms with van der Waals surface area (Å²) >= 11 is 0. The van der Waals surface area contributed by atoms with Gasteiger partial charge in [0, 0.05) is 18.5 Å². The molecule has 0 bridgehead atoms. The summed E-state index contributed by atoms with van der Waals surface area (Å²) < 4.78 is 13.6. The molecule has 3 rings (SSSR count). The minimum absolute atomic E-state index is 0.0596. The molecule has 1 aromatic rings. The molecule has 0 radical (unpaired) electrons. The molecule has 1 saturated heterocycles. The smallest absolute Gasteiger partial charge is 0.126 e. The van der Waals surface area contributed by atoms with E-state index in [2.05, 4.69) is 24.9 Å². The van der Waals surface area contributed by atoms with Gasteiger partial charge in [0.25, 0.3) is 0 Å². The lowest BCUT2D eigenvalue weighted by Crippen LogP contribution is -2.22. The summed E-state index contributed by atoms with van der Waals surface area (Å²) in [5, 5.41) is 0. The number of hydrogen-bond donors (Lipinski definition) is 0. The number of piperidine rings is 1. The van der Waals surface area contributed by atoms with Crippen LogP contribution in [0.2, 0.25) is 0 Å². The van der Waals surface area contributed by atoms with Crippen molar-refractivity contribution in [3.05, 3.63) is 35.1 Å². The number of fused-ring (bicyclic) bond motifs is 1. The summed E-state index contributed by atoms with van der Waals surface area (Å²) in [7, 11) is 2.16. The molecule has 1 heterocycles. The van der Waals surface area contributed by atoms with Crippen molar-refractivity contribution in [2.24, 2.45) is 5.41 Å². The number of rotatable bonds is 1. The molecule has 86 valence electrons. The van der Waals surface area contributed by atoms with E-state index in [1.807, 2.05) is 13.0 Å². The quantitative estimate of drug-likeness (QED) is 0.702. The number of aryl methyl sites for hydroxylation is 1. The van der Waals surface area contributed by atoms with Crippen LogP contribution in [-0.2, 0) is 5.41 Å². The summed E-state index contributed by atoms with van der Waals surface area (Å²) in [4.78, 5) is 2.36. The molecule has 0 amide bonds. The first-order valence-electron chi connectivity index (χ1n) is 5.92. The van der Waals surface area contributed by atoms with Gasteiger partial charge in [-0.25, -0.2) is 4.39 Å². The Kier molecular flexibility index (Phi) is 1.84. The Bertz CT molecular complexity index is 456. The van der Waals surface area contributed by atoms with Crippen molar-refractivity contribution >= 4 is 0 Å². The Balaban J connectivity index is 2.02. The van der Waals surface area contributed by atoms with Gasteiger partial charge in [-0.3, -0.25) is 0 Å². The molecule has 0 spiro atoms. The van der Waals surface area contributed by atoms with Crippen LogP contribution in [0.1, 0.15) is 24.5 Å². The van der Waals surface area contributed by atoms with Crippen LogP contribution in [0.3, 0.4) is 0 Å². The maximum atomic E-state index is 13.6. The predicted octanol–water partition coefficient (Wildman–Crippen LogP) is 2.73. The van der Waals surface area contributed by atoms with Crippen LogP contribution in [0.4, 0.5) is 4.39 Å². The van der Waals surface area contributed by atoms with Crippen molar-refractivity contribution in [2.45, 2.75) is 25.7 Å².